The minimum absolute atomic E-state index is 0.0550. The average molecular weight is 367 g/mol. The molecular formula is C22H30N4O. The summed E-state index contributed by atoms with van der Waals surface area (Å²) in [4.78, 5) is 24.3. The summed E-state index contributed by atoms with van der Waals surface area (Å²) in [5.41, 5.74) is 3.11. The van der Waals surface area contributed by atoms with E-state index in [-0.39, 0.29) is 11.3 Å². The Morgan fingerprint density at radius 1 is 1.22 bits per heavy atom. The van der Waals surface area contributed by atoms with Gasteiger partial charge in [-0.2, -0.15) is 0 Å². The Labute approximate surface area is 162 Å². The second-order valence-electron chi connectivity index (χ2n) is 8.64. The number of anilines is 2. The first-order valence-electron chi connectivity index (χ1n) is 9.75. The standard InChI is InChI=1S/C22H30N4O/c1-15-9-8-12-26(14-15)21-23-16(2)13-19(25-21)20(27)24-18-11-7-6-10-17(18)22(3,4)5/h6-7,10-11,13,15H,8-9,12,14H2,1-5H3,(H,24,27). The number of hydrogen-bond acceptors (Lipinski definition) is 4. The topological polar surface area (TPSA) is 58.1 Å². The molecule has 1 aromatic heterocycles. The summed E-state index contributed by atoms with van der Waals surface area (Å²) in [7, 11) is 0. The number of piperidine rings is 1. The van der Waals surface area contributed by atoms with Gasteiger partial charge in [-0.25, -0.2) is 9.97 Å². The van der Waals surface area contributed by atoms with Crippen molar-refractivity contribution in [1.29, 1.82) is 0 Å². The second kappa shape index (κ2) is 7.67. The van der Waals surface area contributed by atoms with Gasteiger partial charge in [0.25, 0.3) is 5.91 Å². The van der Waals surface area contributed by atoms with Crippen molar-refractivity contribution >= 4 is 17.5 Å². The number of nitrogens with one attached hydrogen (secondary N) is 1. The molecule has 1 N–H and O–H groups in total. The van der Waals surface area contributed by atoms with Crippen LogP contribution in [0.25, 0.3) is 0 Å². The summed E-state index contributed by atoms with van der Waals surface area (Å²) in [6, 6.07) is 9.70. The third kappa shape index (κ3) is 4.65. The highest BCUT2D eigenvalue weighted by molar-refractivity contribution is 6.03. The number of carbonyl (C=O) groups excluding carboxylic acids is 1. The van der Waals surface area contributed by atoms with Gasteiger partial charge in [-0.05, 0) is 48.8 Å². The summed E-state index contributed by atoms with van der Waals surface area (Å²) in [6.45, 7) is 12.5. The van der Waals surface area contributed by atoms with Gasteiger partial charge in [-0.1, -0.05) is 45.9 Å². The van der Waals surface area contributed by atoms with Gasteiger partial charge in [0.1, 0.15) is 5.69 Å². The van der Waals surface area contributed by atoms with Crippen LogP contribution in [0.1, 0.15) is 62.3 Å². The third-order valence-electron chi connectivity index (χ3n) is 5.00. The molecule has 5 nitrogen and oxygen atoms in total. The predicted molar refractivity (Wildman–Crippen MR) is 110 cm³/mol. The Balaban J connectivity index is 1.86. The average Bonchev–Trinajstić information content (AvgIpc) is 2.60. The number of nitrogens with zero attached hydrogens (tertiary/aromatic N) is 3. The lowest BCUT2D eigenvalue weighted by Crippen LogP contribution is -2.36. The van der Waals surface area contributed by atoms with Crippen LogP contribution in [-0.2, 0) is 5.41 Å². The van der Waals surface area contributed by atoms with Crippen LogP contribution in [0.2, 0.25) is 0 Å². The molecule has 2 aromatic rings. The highest BCUT2D eigenvalue weighted by atomic mass is 16.1. The lowest BCUT2D eigenvalue weighted by atomic mass is 9.86. The van der Waals surface area contributed by atoms with Crippen molar-refractivity contribution in [1.82, 2.24) is 9.97 Å². The fraction of sp³-hybridized carbons (Fsp3) is 0.500. The van der Waals surface area contributed by atoms with Gasteiger partial charge in [-0.3, -0.25) is 4.79 Å². The number of aryl methyl sites for hydroxylation is 1. The minimum atomic E-state index is -0.191. The molecule has 0 spiro atoms. The summed E-state index contributed by atoms with van der Waals surface area (Å²) in [5.74, 6) is 1.10. The highest BCUT2D eigenvalue weighted by Crippen LogP contribution is 2.29. The molecule has 1 atom stereocenters. The van der Waals surface area contributed by atoms with Crippen LogP contribution in [0.3, 0.4) is 0 Å². The van der Waals surface area contributed by atoms with E-state index in [1.165, 1.54) is 6.42 Å². The summed E-state index contributed by atoms with van der Waals surface area (Å²) in [6.07, 6.45) is 2.37. The fourth-order valence-corrected chi connectivity index (χ4v) is 3.61. The van der Waals surface area contributed by atoms with E-state index in [9.17, 15) is 4.79 Å². The maximum Gasteiger partial charge on any atom is 0.274 e. The number of hydrogen-bond donors (Lipinski definition) is 1. The Kier molecular flexibility index (Phi) is 5.49. The number of amides is 1. The molecule has 0 bridgehead atoms. The molecule has 0 saturated carbocycles. The summed E-state index contributed by atoms with van der Waals surface area (Å²) >= 11 is 0. The smallest absolute Gasteiger partial charge is 0.274 e. The first kappa shape index (κ1) is 19.3. The maximum absolute atomic E-state index is 12.9. The molecular weight excluding hydrogens is 336 g/mol. The van der Waals surface area contributed by atoms with E-state index in [4.69, 9.17) is 0 Å². The molecule has 1 amide bonds. The van der Waals surface area contributed by atoms with Crippen molar-refractivity contribution in [2.45, 2.75) is 52.9 Å². The van der Waals surface area contributed by atoms with Crippen LogP contribution in [0, 0.1) is 12.8 Å². The number of para-hydroxylation sites is 1. The quantitative estimate of drug-likeness (QED) is 0.864. The Bertz CT molecular complexity index is 825. The Morgan fingerprint density at radius 3 is 2.67 bits per heavy atom. The van der Waals surface area contributed by atoms with Gasteiger partial charge in [0.05, 0.1) is 0 Å². The molecule has 1 unspecified atom stereocenters. The first-order valence-corrected chi connectivity index (χ1v) is 9.75. The molecule has 0 aliphatic carbocycles. The molecule has 1 saturated heterocycles. The van der Waals surface area contributed by atoms with Crippen LogP contribution >= 0.6 is 0 Å². The lowest BCUT2D eigenvalue weighted by molar-refractivity contribution is 0.102. The maximum atomic E-state index is 12.9. The normalized spacial score (nSPS) is 17.7. The fourth-order valence-electron chi connectivity index (χ4n) is 3.61. The Morgan fingerprint density at radius 2 is 1.96 bits per heavy atom. The minimum Gasteiger partial charge on any atom is -0.341 e. The van der Waals surface area contributed by atoms with Crippen LogP contribution in [0.4, 0.5) is 11.6 Å². The van der Waals surface area contributed by atoms with Crippen molar-refractivity contribution in [3.8, 4) is 0 Å². The molecule has 5 heteroatoms. The van der Waals surface area contributed by atoms with E-state index < -0.39 is 0 Å². The van der Waals surface area contributed by atoms with E-state index in [0.717, 1.165) is 36.5 Å². The van der Waals surface area contributed by atoms with E-state index in [1.807, 2.05) is 25.1 Å². The van der Waals surface area contributed by atoms with Crippen LogP contribution in [0.5, 0.6) is 0 Å². The second-order valence-corrected chi connectivity index (χ2v) is 8.64. The van der Waals surface area contributed by atoms with E-state index >= 15 is 0 Å². The van der Waals surface area contributed by atoms with E-state index in [1.54, 1.807) is 6.07 Å². The number of aromatic nitrogens is 2. The zero-order chi connectivity index (χ0) is 19.6. The van der Waals surface area contributed by atoms with Crippen molar-refractivity contribution in [3.05, 3.63) is 47.3 Å². The molecule has 144 valence electrons. The first-order chi connectivity index (χ1) is 12.7. The zero-order valence-corrected chi connectivity index (χ0v) is 17.0. The molecule has 1 aliphatic rings. The monoisotopic (exact) mass is 366 g/mol. The van der Waals surface area contributed by atoms with Gasteiger partial charge < -0.3 is 10.2 Å². The molecule has 27 heavy (non-hydrogen) atoms. The number of benzene rings is 1. The van der Waals surface area contributed by atoms with Gasteiger partial charge in [-0.15, -0.1) is 0 Å². The predicted octanol–water partition coefficient (Wildman–Crippen LogP) is 4.57. The van der Waals surface area contributed by atoms with Gasteiger partial charge >= 0.3 is 0 Å². The van der Waals surface area contributed by atoms with E-state index in [2.05, 4.69) is 53.9 Å². The van der Waals surface area contributed by atoms with Crippen molar-refractivity contribution in [3.63, 3.8) is 0 Å². The SMILES string of the molecule is Cc1cc(C(=O)Nc2ccccc2C(C)(C)C)nc(N2CCCC(C)C2)n1. The van der Waals surface area contributed by atoms with Gasteiger partial charge in [0, 0.05) is 24.5 Å². The van der Waals surface area contributed by atoms with Crippen molar-refractivity contribution in [2.75, 3.05) is 23.3 Å². The lowest BCUT2D eigenvalue weighted by Gasteiger charge is -2.31. The van der Waals surface area contributed by atoms with E-state index in [0.29, 0.717) is 17.6 Å². The molecule has 1 aromatic carbocycles. The molecule has 1 fully saturated rings. The van der Waals surface area contributed by atoms with Crippen LogP contribution < -0.4 is 10.2 Å². The van der Waals surface area contributed by atoms with Crippen LogP contribution in [-0.4, -0.2) is 29.0 Å². The van der Waals surface area contributed by atoms with Crippen molar-refractivity contribution in [2.24, 2.45) is 5.92 Å². The number of rotatable bonds is 3. The van der Waals surface area contributed by atoms with Gasteiger partial charge in [0.2, 0.25) is 5.95 Å². The highest BCUT2D eigenvalue weighted by Gasteiger charge is 2.22. The molecule has 3 rings (SSSR count). The molecule has 2 heterocycles. The largest absolute Gasteiger partial charge is 0.341 e. The zero-order valence-electron chi connectivity index (χ0n) is 17.0. The number of carbonyl (C=O) groups is 1. The Hall–Kier alpha value is -2.43. The molecule has 1 aliphatic heterocycles. The summed E-state index contributed by atoms with van der Waals surface area (Å²) in [5, 5.41) is 3.05. The van der Waals surface area contributed by atoms with Crippen LogP contribution in [0.15, 0.2) is 30.3 Å². The summed E-state index contributed by atoms with van der Waals surface area (Å²) < 4.78 is 0. The molecule has 0 radical (unpaired) electrons. The van der Waals surface area contributed by atoms with Gasteiger partial charge in [0.15, 0.2) is 0 Å². The van der Waals surface area contributed by atoms with Crippen molar-refractivity contribution < 1.29 is 4.79 Å². The third-order valence-corrected chi connectivity index (χ3v) is 5.00.